The monoisotopic (exact) mass is 628 g/mol. The molecule has 0 aromatic heterocycles. The van der Waals surface area contributed by atoms with Crippen molar-refractivity contribution in [3.63, 3.8) is 0 Å². The van der Waals surface area contributed by atoms with Crippen molar-refractivity contribution in [2.45, 2.75) is 20.8 Å². The van der Waals surface area contributed by atoms with Crippen LogP contribution in [0.2, 0.25) is 0 Å². The van der Waals surface area contributed by atoms with Crippen LogP contribution in [-0.2, 0) is 14.4 Å². The number of hydrogen-bond acceptors (Lipinski definition) is 6. The maximum absolute atomic E-state index is 10.6. The minimum atomic E-state index is -0.156. The van der Waals surface area contributed by atoms with Gasteiger partial charge in [-0.05, 0) is 20.8 Å². The van der Waals surface area contributed by atoms with Gasteiger partial charge in [-0.2, -0.15) is 0 Å². The van der Waals surface area contributed by atoms with E-state index >= 15 is 0 Å². The van der Waals surface area contributed by atoms with E-state index in [2.05, 4.69) is 0 Å². The van der Waals surface area contributed by atoms with Gasteiger partial charge in [0.1, 0.15) is 17.3 Å². The number of benzene rings is 3. The topological polar surface area (TPSA) is 112 Å². The average Bonchev–Trinajstić information content (AvgIpc) is 2.85. The number of aliphatic hydroxyl groups excluding tert-OH is 3. The number of allylic oxidation sites excluding steroid dienone is 3. The smallest absolute Gasteiger partial charge is 0.156 e. The van der Waals surface area contributed by atoms with Crippen molar-refractivity contribution in [1.82, 2.24) is 0 Å². The molecule has 0 bridgehead atoms. The van der Waals surface area contributed by atoms with Gasteiger partial charge >= 0.3 is 0 Å². The van der Waals surface area contributed by atoms with Crippen LogP contribution < -0.4 is 0 Å². The van der Waals surface area contributed by atoms with Crippen molar-refractivity contribution in [3.8, 4) is 0 Å². The van der Waals surface area contributed by atoms with Gasteiger partial charge in [0.15, 0.2) is 17.3 Å². The Hall–Kier alpha value is -3.36. The molecule has 0 saturated heterocycles. The van der Waals surface area contributed by atoms with Crippen LogP contribution in [0.15, 0.2) is 109 Å². The van der Waals surface area contributed by atoms with E-state index in [-0.39, 0.29) is 75.5 Å². The van der Waals surface area contributed by atoms with Gasteiger partial charge in [-0.15, -0.1) is 0 Å². The van der Waals surface area contributed by atoms with Gasteiger partial charge in [-0.3, -0.25) is 14.4 Å². The summed E-state index contributed by atoms with van der Waals surface area (Å²) in [4.78, 5) is 31.8. The summed E-state index contributed by atoms with van der Waals surface area (Å²) in [6, 6.07) is 26.9. The van der Waals surface area contributed by atoms with Gasteiger partial charge in [0.2, 0.25) is 0 Å². The third-order valence-electron chi connectivity index (χ3n) is 4.23. The van der Waals surface area contributed by atoms with Gasteiger partial charge in [-0.25, -0.2) is 0 Å². The fourth-order valence-electron chi connectivity index (χ4n) is 2.65. The molecule has 3 aromatic rings. The quantitative estimate of drug-likeness (QED) is 0.211. The number of aliphatic hydroxyl groups is 3. The largest absolute Gasteiger partial charge is 0.507 e. The predicted molar refractivity (Wildman–Crippen MR) is 143 cm³/mol. The Morgan fingerprint density at radius 2 is 0.649 bits per heavy atom. The van der Waals surface area contributed by atoms with Gasteiger partial charge in [0, 0.05) is 75.8 Å². The summed E-state index contributed by atoms with van der Waals surface area (Å²) in [6.07, 6.45) is 3.61. The first-order valence-corrected chi connectivity index (χ1v) is 11.0. The molecular weight excluding hydrogens is 601 g/mol. The van der Waals surface area contributed by atoms with Crippen LogP contribution in [0.25, 0.3) is 17.3 Å². The molecule has 0 radical (unpaired) electrons. The van der Waals surface area contributed by atoms with Crippen LogP contribution in [0.5, 0.6) is 0 Å². The van der Waals surface area contributed by atoms with Crippen LogP contribution in [0.3, 0.4) is 0 Å². The van der Waals surface area contributed by atoms with E-state index in [1.807, 2.05) is 18.2 Å². The van der Waals surface area contributed by atoms with Crippen LogP contribution in [0.1, 0.15) is 37.5 Å². The number of hydrogen-bond donors (Lipinski definition) is 3. The van der Waals surface area contributed by atoms with Crippen molar-refractivity contribution in [2.75, 3.05) is 0 Å². The Bertz CT molecular complexity index is 1060. The maximum atomic E-state index is 10.6. The molecule has 0 unspecified atom stereocenters. The molecular formula is C30H30NdO6. The SMILES string of the molecule is CC(=O)/C=C(\O)c1ccccc1.CC(=O)/C=C(\O)c1ccccc1.CC(=O)/C=C(\O)c1ccccc1.[Nd]. The molecule has 190 valence electrons. The molecule has 3 aromatic carbocycles. The Morgan fingerprint density at radius 3 is 0.811 bits per heavy atom. The maximum Gasteiger partial charge on any atom is 0.156 e. The molecule has 0 saturated carbocycles. The van der Waals surface area contributed by atoms with Gasteiger partial charge < -0.3 is 15.3 Å². The molecule has 0 aliphatic rings. The van der Waals surface area contributed by atoms with Crippen LogP contribution >= 0.6 is 0 Å². The second kappa shape index (κ2) is 18.8. The second-order valence-electron chi connectivity index (χ2n) is 7.52. The van der Waals surface area contributed by atoms with Crippen molar-refractivity contribution in [2.24, 2.45) is 0 Å². The van der Waals surface area contributed by atoms with Crippen LogP contribution in [0, 0.1) is 40.8 Å². The molecule has 0 spiro atoms. The van der Waals surface area contributed by atoms with Crippen LogP contribution in [-0.4, -0.2) is 32.7 Å². The number of carbonyl (C=O) groups is 3. The van der Waals surface area contributed by atoms with Gasteiger partial charge in [0.05, 0.1) is 0 Å². The minimum absolute atomic E-state index is 0. The molecule has 3 N–H and O–H groups in total. The summed E-state index contributed by atoms with van der Waals surface area (Å²) in [5.74, 6) is -0.418. The van der Waals surface area contributed by atoms with E-state index in [0.717, 1.165) is 0 Å². The fourth-order valence-corrected chi connectivity index (χ4v) is 2.65. The predicted octanol–water partition coefficient (Wildman–Crippen LogP) is 6.52. The molecule has 37 heavy (non-hydrogen) atoms. The summed E-state index contributed by atoms with van der Waals surface area (Å²) < 4.78 is 0. The Labute approximate surface area is 250 Å². The summed E-state index contributed by atoms with van der Waals surface area (Å²) >= 11 is 0. The molecule has 3 rings (SSSR count). The normalized spacial score (nSPS) is 10.9. The van der Waals surface area contributed by atoms with Crippen molar-refractivity contribution in [3.05, 3.63) is 126 Å². The zero-order chi connectivity index (χ0) is 26.9. The van der Waals surface area contributed by atoms with E-state index in [1.165, 1.54) is 39.0 Å². The molecule has 0 heterocycles. The van der Waals surface area contributed by atoms with Gasteiger partial charge in [-0.1, -0.05) is 91.0 Å². The number of rotatable bonds is 6. The van der Waals surface area contributed by atoms with Gasteiger partial charge in [0.25, 0.3) is 0 Å². The average molecular weight is 631 g/mol. The first kappa shape index (κ1) is 33.6. The van der Waals surface area contributed by atoms with E-state index < -0.39 is 0 Å². The Morgan fingerprint density at radius 1 is 0.459 bits per heavy atom. The van der Waals surface area contributed by atoms with E-state index in [4.69, 9.17) is 0 Å². The van der Waals surface area contributed by atoms with Crippen molar-refractivity contribution < 1.29 is 70.5 Å². The molecule has 6 nitrogen and oxygen atoms in total. The standard InChI is InChI=1S/3C10H10O2.Nd/c3*1-8(11)7-10(12)9-5-3-2-4-6-9;/h3*2-7,12H,1H3;/b3*10-7-;. The van der Waals surface area contributed by atoms with Crippen LogP contribution in [0.4, 0.5) is 0 Å². The first-order valence-electron chi connectivity index (χ1n) is 11.0. The van der Waals surface area contributed by atoms with Crippen molar-refractivity contribution in [1.29, 1.82) is 0 Å². The third-order valence-corrected chi connectivity index (χ3v) is 4.23. The zero-order valence-corrected chi connectivity index (χ0v) is 24.2. The molecule has 0 fully saturated rings. The van der Waals surface area contributed by atoms with E-state index in [0.29, 0.717) is 16.7 Å². The summed E-state index contributed by atoms with van der Waals surface area (Å²) in [5.41, 5.74) is 1.98. The third kappa shape index (κ3) is 15.4. The molecule has 0 atom stereocenters. The molecule has 7 heteroatoms. The summed E-state index contributed by atoms with van der Waals surface area (Å²) in [7, 11) is 0. The zero-order valence-electron chi connectivity index (χ0n) is 21.0. The van der Waals surface area contributed by atoms with E-state index in [9.17, 15) is 29.7 Å². The van der Waals surface area contributed by atoms with Crippen molar-refractivity contribution >= 4 is 34.6 Å². The molecule has 0 aliphatic carbocycles. The minimum Gasteiger partial charge on any atom is -0.507 e. The first-order chi connectivity index (χ1) is 17.1. The number of carbonyl (C=O) groups excluding carboxylic acids is 3. The summed E-state index contributed by atoms with van der Waals surface area (Å²) in [6.45, 7) is 4.21. The fraction of sp³-hybridized carbons (Fsp3) is 0.100. The Kier molecular flexibility index (Phi) is 17.1. The summed E-state index contributed by atoms with van der Waals surface area (Å²) in [5, 5.41) is 28.0. The number of ketones is 3. The molecule has 0 aliphatic heterocycles. The van der Waals surface area contributed by atoms with E-state index in [1.54, 1.807) is 72.8 Å². The molecule has 0 amide bonds. The second-order valence-corrected chi connectivity index (χ2v) is 7.52. The Balaban J connectivity index is 0.000000518.